The molecule has 1 rings (SSSR count). The minimum atomic E-state index is 0.0896. The molecule has 0 saturated heterocycles. The molecule has 0 spiro atoms. The number of hydrogen-bond donors (Lipinski definition) is 0. The molecule has 0 unspecified atom stereocenters. The van der Waals surface area contributed by atoms with E-state index in [9.17, 15) is 4.79 Å². The van der Waals surface area contributed by atoms with Crippen molar-refractivity contribution in [3.63, 3.8) is 0 Å². The lowest BCUT2D eigenvalue weighted by Crippen LogP contribution is -1.96. The van der Waals surface area contributed by atoms with Crippen molar-refractivity contribution in [1.82, 2.24) is 0 Å². The number of halogens is 2. The van der Waals surface area contributed by atoms with E-state index in [1.54, 1.807) is 0 Å². The molecule has 0 aromatic carbocycles. The molecule has 0 aliphatic heterocycles. The van der Waals surface area contributed by atoms with E-state index in [0.29, 0.717) is 18.4 Å². The zero-order chi connectivity index (χ0) is 9.84. The molecule has 4 heteroatoms. The van der Waals surface area contributed by atoms with Crippen LogP contribution in [-0.2, 0) is 0 Å². The average Bonchev–Trinajstić information content (AvgIpc) is 2.41. The molecule has 1 aromatic rings. The lowest BCUT2D eigenvalue weighted by atomic mass is 10.1. The third-order valence-corrected chi connectivity index (χ3v) is 3.79. The van der Waals surface area contributed by atoms with Gasteiger partial charge >= 0.3 is 0 Å². The van der Waals surface area contributed by atoms with Crippen molar-refractivity contribution in [1.29, 1.82) is 0 Å². The van der Waals surface area contributed by atoms with Crippen LogP contribution >= 0.6 is 43.2 Å². The van der Waals surface area contributed by atoms with Crippen LogP contribution in [0.3, 0.4) is 0 Å². The molecule has 1 heterocycles. The number of rotatable bonds is 3. The lowest BCUT2D eigenvalue weighted by Gasteiger charge is -1.93. The maximum Gasteiger partial charge on any atom is 0.165 e. The van der Waals surface area contributed by atoms with E-state index >= 15 is 0 Å². The monoisotopic (exact) mass is 320 g/mol. The van der Waals surface area contributed by atoms with Crippen LogP contribution in [0.2, 0.25) is 0 Å². The molecule has 0 fully saturated rings. The summed E-state index contributed by atoms with van der Waals surface area (Å²) in [5.74, 6) is 2.54. The van der Waals surface area contributed by atoms with Crippen molar-refractivity contribution in [2.45, 2.75) is 12.8 Å². The zero-order valence-electron chi connectivity index (χ0n) is 6.64. The Morgan fingerprint density at radius 3 is 2.77 bits per heavy atom. The Kier molecular flexibility index (Phi) is 4.17. The Hall–Kier alpha value is -0.110. The van der Waals surface area contributed by atoms with Crippen molar-refractivity contribution in [3.05, 3.63) is 19.2 Å². The van der Waals surface area contributed by atoms with Gasteiger partial charge in [-0.3, -0.25) is 4.79 Å². The van der Waals surface area contributed by atoms with E-state index in [0.717, 1.165) is 7.57 Å². The Labute approximate surface area is 97.8 Å². The highest BCUT2D eigenvalue weighted by Gasteiger charge is 2.12. The first-order chi connectivity index (χ1) is 6.15. The summed E-state index contributed by atoms with van der Waals surface area (Å²) in [6.45, 7) is 0. The number of thiophene rings is 1. The van der Waals surface area contributed by atoms with Gasteiger partial charge in [0.2, 0.25) is 0 Å². The van der Waals surface area contributed by atoms with Crippen LogP contribution in [0.1, 0.15) is 23.2 Å². The molecule has 0 saturated carbocycles. The fourth-order valence-corrected chi connectivity index (χ4v) is 3.71. The molecule has 1 nitrogen and oxygen atoms in total. The maximum atomic E-state index is 11.5. The minimum Gasteiger partial charge on any atom is -0.294 e. The summed E-state index contributed by atoms with van der Waals surface area (Å²) < 4.78 is 1.81. The molecule has 1 aromatic heterocycles. The molecular formula is C9H6Br2OS. The van der Waals surface area contributed by atoms with Crippen molar-refractivity contribution in [3.8, 4) is 12.3 Å². The van der Waals surface area contributed by atoms with Crippen molar-refractivity contribution >= 4 is 49.0 Å². The van der Waals surface area contributed by atoms with E-state index in [-0.39, 0.29) is 5.78 Å². The van der Waals surface area contributed by atoms with Crippen LogP contribution in [0, 0.1) is 12.3 Å². The van der Waals surface area contributed by atoms with Crippen LogP contribution in [-0.4, -0.2) is 5.78 Å². The Bertz CT molecular complexity index is 362. The molecule has 68 valence electrons. The Balaban J connectivity index is 2.78. The van der Waals surface area contributed by atoms with Gasteiger partial charge in [-0.1, -0.05) is 0 Å². The number of Topliss-reactive ketones (excluding diaryl/α,β-unsaturated/α-hetero) is 1. The summed E-state index contributed by atoms with van der Waals surface area (Å²) in [5, 5.41) is 0. The standard InChI is InChI=1S/C9H6Br2OS/c1-2-3-4-7(12)6-5-8(10)13-9(6)11/h1,5H,3-4H2. The highest BCUT2D eigenvalue weighted by molar-refractivity contribution is 9.12. The van der Waals surface area contributed by atoms with Gasteiger partial charge < -0.3 is 0 Å². The van der Waals surface area contributed by atoms with Gasteiger partial charge in [0.15, 0.2) is 5.78 Å². The van der Waals surface area contributed by atoms with E-state index in [2.05, 4.69) is 37.8 Å². The van der Waals surface area contributed by atoms with Gasteiger partial charge in [0.1, 0.15) is 0 Å². The maximum absolute atomic E-state index is 11.5. The van der Waals surface area contributed by atoms with Crippen molar-refractivity contribution in [2.24, 2.45) is 0 Å². The number of carbonyl (C=O) groups is 1. The smallest absolute Gasteiger partial charge is 0.165 e. The molecule has 0 bridgehead atoms. The van der Waals surface area contributed by atoms with Gasteiger partial charge in [-0.2, -0.15) is 0 Å². The van der Waals surface area contributed by atoms with E-state index in [4.69, 9.17) is 6.42 Å². The van der Waals surface area contributed by atoms with Gasteiger partial charge in [0, 0.05) is 18.4 Å². The lowest BCUT2D eigenvalue weighted by molar-refractivity contribution is 0.0984. The van der Waals surface area contributed by atoms with Gasteiger partial charge in [0.25, 0.3) is 0 Å². The second-order valence-corrected chi connectivity index (χ2v) is 6.11. The molecule has 0 aliphatic rings. The second-order valence-electron chi connectivity index (χ2n) is 2.37. The summed E-state index contributed by atoms with van der Waals surface area (Å²) in [6.07, 6.45) is 5.99. The first-order valence-corrected chi connectivity index (χ1v) is 5.97. The third-order valence-electron chi connectivity index (χ3n) is 1.45. The number of hydrogen-bond acceptors (Lipinski definition) is 2. The summed E-state index contributed by atoms with van der Waals surface area (Å²) in [6, 6.07) is 1.81. The van der Waals surface area contributed by atoms with E-state index < -0.39 is 0 Å². The number of ketones is 1. The molecular weight excluding hydrogens is 316 g/mol. The molecule has 0 aliphatic carbocycles. The van der Waals surface area contributed by atoms with Crippen molar-refractivity contribution < 1.29 is 4.79 Å². The minimum absolute atomic E-state index is 0.0896. The second kappa shape index (κ2) is 4.94. The molecule has 0 radical (unpaired) electrons. The zero-order valence-corrected chi connectivity index (χ0v) is 10.6. The predicted molar refractivity (Wildman–Crippen MR) is 62.1 cm³/mol. The van der Waals surface area contributed by atoms with Gasteiger partial charge in [-0.25, -0.2) is 0 Å². The predicted octanol–water partition coefficient (Wildman–Crippen LogP) is 3.87. The van der Waals surface area contributed by atoms with Crippen LogP contribution in [0.4, 0.5) is 0 Å². The SMILES string of the molecule is C#CCCC(=O)c1cc(Br)sc1Br. The number of carbonyl (C=O) groups excluding carboxylic acids is 1. The van der Waals surface area contributed by atoms with Crippen LogP contribution in [0.15, 0.2) is 13.6 Å². The average molecular weight is 322 g/mol. The van der Waals surface area contributed by atoms with E-state index in [1.165, 1.54) is 11.3 Å². The Morgan fingerprint density at radius 1 is 1.62 bits per heavy atom. The van der Waals surface area contributed by atoms with E-state index in [1.807, 2.05) is 6.07 Å². The topological polar surface area (TPSA) is 17.1 Å². The van der Waals surface area contributed by atoms with Crippen LogP contribution in [0.5, 0.6) is 0 Å². The van der Waals surface area contributed by atoms with Gasteiger partial charge in [0.05, 0.1) is 7.57 Å². The highest BCUT2D eigenvalue weighted by atomic mass is 79.9. The highest BCUT2D eigenvalue weighted by Crippen LogP contribution is 2.32. The summed E-state index contributed by atoms with van der Waals surface area (Å²) >= 11 is 8.13. The van der Waals surface area contributed by atoms with Crippen molar-refractivity contribution in [2.75, 3.05) is 0 Å². The largest absolute Gasteiger partial charge is 0.294 e. The Morgan fingerprint density at radius 2 is 2.31 bits per heavy atom. The fraction of sp³-hybridized carbons (Fsp3) is 0.222. The molecule has 13 heavy (non-hydrogen) atoms. The number of terminal acetylenes is 1. The van der Waals surface area contributed by atoms with Gasteiger partial charge in [-0.05, 0) is 37.9 Å². The summed E-state index contributed by atoms with van der Waals surface area (Å²) in [7, 11) is 0. The first kappa shape index (κ1) is 11.0. The van der Waals surface area contributed by atoms with Crippen LogP contribution in [0.25, 0.3) is 0 Å². The molecule has 0 amide bonds. The normalized spacial score (nSPS) is 9.62. The first-order valence-electron chi connectivity index (χ1n) is 3.56. The third kappa shape index (κ3) is 2.94. The van der Waals surface area contributed by atoms with Gasteiger partial charge in [-0.15, -0.1) is 23.7 Å². The molecule has 0 N–H and O–H groups in total. The molecule has 0 atom stereocenters. The summed E-state index contributed by atoms with van der Waals surface area (Å²) in [4.78, 5) is 11.5. The fourth-order valence-electron chi connectivity index (χ4n) is 0.851. The van der Waals surface area contributed by atoms with Crippen LogP contribution < -0.4 is 0 Å². The summed E-state index contributed by atoms with van der Waals surface area (Å²) in [5.41, 5.74) is 0.715. The quantitative estimate of drug-likeness (QED) is 0.610.